The molecule has 1 unspecified atom stereocenters. The van der Waals surface area contributed by atoms with Gasteiger partial charge in [-0.05, 0) is 24.8 Å². The molecule has 1 saturated carbocycles. The predicted molar refractivity (Wildman–Crippen MR) is 75.5 cm³/mol. The van der Waals surface area contributed by atoms with Crippen LogP contribution in [0.15, 0.2) is 24.7 Å². The summed E-state index contributed by atoms with van der Waals surface area (Å²) < 4.78 is 2.17. The number of aldehydes is 1. The molecule has 1 fully saturated rings. The Morgan fingerprint density at radius 1 is 1.35 bits per heavy atom. The molecular weight excluding hydrogens is 252 g/mol. The number of hydrogen-bond acceptors (Lipinski definition) is 3. The van der Waals surface area contributed by atoms with Crippen molar-refractivity contribution in [3.05, 3.63) is 30.4 Å². The van der Waals surface area contributed by atoms with Gasteiger partial charge in [-0.3, -0.25) is 4.40 Å². The summed E-state index contributed by atoms with van der Waals surface area (Å²) >= 11 is 0. The molecule has 0 amide bonds. The maximum Gasteiger partial charge on any atom is 0.156 e. The normalized spacial score (nSPS) is 26.6. The molecule has 0 spiro atoms. The van der Waals surface area contributed by atoms with E-state index in [4.69, 9.17) is 0 Å². The van der Waals surface area contributed by atoms with Crippen LogP contribution in [0, 0.1) is 11.8 Å². The van der Waals surface area contributed by atoms with Gasteiger partial charge in [-0.2, -0.15) is 0 Å². The van der Waals surface area contributed by atoms with Gasteiger partial charge >= 0.3 is 0 Å². The number of aromatic nitrogens is 4. The Morgan fingerprint density at radius 3 is 3.05 bits per heavy atom. The Balaban J connectivity index is 1.91. The molecule has 3 aromatic heterocycles. The topological polar surface area (TPSA) is 63.0 Å². The molecule has 0 aliphatic heterocycles. The number of carbonyl (C=O) groups excluding carboxylic acids is 1. The lowest BCUT2D eigenvalue weighted by Crippen LogP contribution is -2.06. The van der Waals surface area contributed by atoms with E-state index in [1.807, 2.05) is 18.5 Å². The van der Waals surface area contributed by atoms with Gasteiger partial charge < -0.3 is 9.78 Å². The first kappa shape index (κ1) is 11.6. The zero-order valence-corrected chi connectivity index (χ0v) is 11.3. The smallest absolute Gasteiger partial charge is 0.156 e. The number of imidazole rings is 1. The lowest BCUT2D eigenvalue weighted by molar-refractivity contribution is -0.111. The minimum absolute atomic E-state index is 0.184. The molecule has 3 heterocycles. The standard InChI is InChI=1S/C15H16N4O/c1-9-4-10(8-20)5-11(9)13-6-17-14-7-18-15-12(19(13)14)2-3-16-15/h2-3,6-11,16H,4-5H2,1H3/t9-,10?,11+/m1/s1. The molecule has 0 radical (unpaired) electrons. The number of nitrogens with one attached hydrogen (secondary N) is 1. The molecule has 102 valence electrons. The van der Waals surface area contributed by atoms with Gasteiger partial charge in [0.25, 0.3) is 0 Å². The third-order valence-electron chi connectivity index (χ3n) is 4.56. The molecule has 5 nitrogen and oxygen atoms in total. The first-order valence-corrected chi connectivity index (χ1v) is 7.02. The molecule has 1 N–H and O–H groups in total. The van der Waals surface area contributed by atoms with E-state index in [0.29, 0.717) is 11.8 Å². The van der Waals surface area contributed by atoms with Gasteiger partial charge in [0.15, 0.2) is 11.3 Å². The van der Waals surface area contributed by atoms with E-state index in [9.17, 15) is 4.79 Å². The number of rotatable bonds is 2. The second-order valence-corrected chi connectivity index (χ2v) is 5.80. The maximum atomic E-state index is 11.1. The van der Waals surface area contributed by atoms with Crippen LogP contribution in [0.1, 0.15) is 31.4 Å². The molecule has 1 aliphatic rings. The third-order valence-corrected chi connectivity index (χ3v) is 4.56. The largest absolute Gasteiger partial charge is 0.345 e. The molecule has 5 heteroatoms. The van der Waals surface area contributed by atoms with Crippen LogP contribution in [-0.4, -0.2) is 25.6 Å². The van der Waals surface area contributed by atoms with Gasteiger partial charge in [0.2, 0.25) is 0 Å². The SMILES string of the molecule is C[C@@H]1CC(C=O)C[C@@H]1c1cnc2cnc3[nH]ccc3n12. The van der Waals surface area contributed by atoms with E-state index in [1.165, 1.54) is 5.69 Å². The van der Waals surface area contributed by atoms with E-state index in [1.54, 1.807) is 6.20 Å². The van der Waals surface area contributed by atoms with Gasteiger partial charge in [-0.15, -0.1) is 0 Å². The van der Waals surface area contributed by atoms with Gasteiger partial charge in [-0.25, -0.2) is 9.97 Å². The average molecular weight is 268 g/mol. The van der Waals surface area contributed by atoms with Gasteiger partial charge in [0.1, 0.15) is 6.29 Å². The van der Waals surface area contributed by atoms with Crippen LogP contribution in [0.2, 0.25) is 0 Å². The lowest BCUT2D eigenvalue weighted by Gasteiger charge is -2.15. The molecule has 4 rings (SSSR count). The number of fused-ring (bicyclic) bond motifs is 3. The Bertz CT molecular complexity index is 787. The maximum absolute atomic E-state index is 11.1. The van der Waals surface area contributed by atoms with Gasteiger partial charge in [-0.1, -0.05) is 6.92 Å². The fourth-order valence-electron chi connectivity index (χ4n) is 3.57. The Morgan fingerprint density at radius 2 is 2.25 bits per heavy atom. The fraction of sp³-hybridized carbons (Fsp3) is 0.400. The van der Waals surface area contributed by atoms with Crippen molar-refractivity contribution in [3.8, 4) is 0 Å². The van der Waals surface area contributed by atoms with Crippen LogP contribution >= 0.6 is 0 Å². The molecule has 0 bridgehead atoms. The summed E-state index contributed by atoms with van der Waals surface area (Å²) in [5.74, 6) is 1.08. The fourth-order valence-corrected chi connectivity index (χ4v) is 3.57. The van der Waals surface area contributed by atoms with Gasteiger partial charge in [0, 0.05) is 29.9 Å². The van der Waals surface area contributed by atoms with Crippen LogP contribution < -0.4 is 0 Å². The van der Waals surface area contributed by atoms with E-state index >= 15 is 0 Å². The van der Waals surface area contributed by atoms with Crippen molar-refractivity contribution in [2.45, 2.75) is 25.7 Å². The number of hydrogen-bond donors (Lipinski definition) is 1. The van der Waals surface area contributed by atoms with Crippen LogP contribution in [-0.2, 0) is 4.79 Å². The third kappa shape index (κ3) is 1.52. The quantitative estimate of drug-likeness (QED) is 0.726. The molecule has 0 saturated heterocycles. The number of nitrogens with zero attached hydrogens (tertiary/aromatic N) is 3. The summed E-state index contributed by atoms with van der Waals surface area (Å²) in [4.78, 5) is 23.0. The number of H-pyrrole nitrogens is 1. The number of aromatic amines is 1. The highest BCUT2D eigenvalue weighted by molar-refractivity contribution is 5.74. The summed E-state index contributed by atoms with van der Waals surface area (Å²) in [5.41, 5.74) is 3.99. The lowest BCUT2D eigenvalue weighted by atomic mass is 9.95. The summed E-state index contributed by atoms with van der Waals surface area (Å²) in [6.07, 6.45) is 8.63. The van der Waals surface area contributed by atoms with E-state index in [2.05, 4.69) is 26.3 Å². The average Bonchev–Trinajstić information content (AvgIpc) is 3.13. The van der Waals surface area contributed by atoms with Crippen molar-refractivity contribution >= 4 is 23.1 Å². The van der Waals surface area contributed by atoms with Gasteiger partial charge in [0.05, 0.1) is 11.7 Å². The van der Waals surface area contributed by atoms with Crippen molar-refractivity contribution in [1.82, 2.24) is 19.4 Å². The minimum atomic E-state index is 0.184. The summed E-state index contributed by atoms with van der Waals surface area (Å²) in [6, 6.07) is 2.03. The van der Waals surface area contributed by atoms with Crippen molar-refractivity contribution < 1.29 is 4.79 Å². The Kier molecular flexibility index (Phi) is 2.42. The summed E-state index contributed by atoms with van der Waals surface area (Å²) in [5, 5.41) is 0. The monoisotopic (exact) mass is 268 g/mol. The molecular formula is C15H16N4O. The zero-order chi connectivity index (χ0) is 13.7. The molecule has 20 heavy (non-hydrogen) atoms. The summed E-state index contributed by atoms with van der Waals surface area (Å²) in [7, 11) is 0. The van der Waals surface area contributed by atoms with E-state index < -0.39 is 0 Å². The Hall–Kier alpha value is -2.17. The van der Waals surface area contributed by atoms with Crippen molar-refractivity contribution in [2.75, 3.05) is 0 Å². The first-order valence-electron chi connectivity index (χ1n) is 7.02. The molecule has 3 atom stereocenters. The Labute approximate surface area is 116 Å². The number of carbonyl (C=O) groups is 1. The predicted octanol–water partition coefficient (Wildman–Crippen LogP) is 2.54. The van der Waals surface area contributed by atoms with Crippen LogP contribution in [0.3, 0.4) is 0 Å². The van der Waals surface area contributed by atoms with Crippen molar-refractivity contribution in [2.24, 2.45) is 11.8 Å². The molecule has 0 aromatic carbocycles. The van der Waals surface area contributed by atoms with E-state index in [-0.39, 0.29) is 5.92 Å². The van der Waals surface area contributed by atoms with Crippen molar-refractivity contribution in [3.63, 3.8) is 0 Å². The second kappa shape index (κ2) is 4.16. The van der Waals surface area contributed by atoms with Crippen LogP contribution in [0.25, 0.3) is 16.8 Å². The van der Waals surface area contributed by atoms with Crippen LogP contribution in [0.4, 0.5) is 0 Å². The van der Waals surface area contributed by atoms with Crippen molar-refractivity contribution in [1.29, 1.82) is 0 Å². The van der Waals surface area contributed by atoms with E-state index in [0.717, 1.165) is 35.9 Å². The van der Waals surface area contributed by atoms with Crippen LogP contribution in [0.5, 0.6) is 0 Å². The second-order valence-electron chi connectivity index (χ2n) is 5.80. The minimum Gasteiger partial charge on any atom is -0.345 e. The highest BCUT2D eigenvalue weighted by Gasteiger charge is 2.34. The molecule has 3 aromatic rings. The highest BCUT2D eigenvalue weighted by atomic mass is 16.1. The zero-order valence-electron chi connectivity index (χ0n) is 11.3. The summed E-state index contributed by atoms with van der Waals surface area (Å²) in [6.45, 7) is 2.23. The molecule has 1 aliphatic carbocycles. The highest BCUT2D eigenvalue weighted by Crippen LogP contribution is 2.42. The first-order chi connectivity index (χ1) is 9.78.